The number of hydrogen-bond donors (Lipinski definition) is 2. The Morgan fingerprint density at radius 1 is 1.12 bits per heavy atom. The molecule has 0 fully saturated rings. The van der Waals surface area contributed by atoms with Gasteiger partial charge in [0.15, 0.2) is 0 Å². The number of aryl methyl sites for hydroxylation is 1. The minimum absolute atomic E-state index is 0.0965. The Morgan fingerprint density at radius 3 is 2.27 bits per heavy atom. The molecule has 0 bridgehead atoms. The van der Waals surface area contributed by atoms with Gasteiger partial charge in [-0.05, 0) is 43.2 Å². The van der Waals surface area contributed by atoms with E-state index in [2.05, 4.69) is 16.6 Å². The summed E-state index contributed by atoms with van der Waals surface area (Å²) in [6.07, 6.45) is 2.22. The lowest BCUT2D eigenvalue weighted by molar-refractivity contribution is 0.0935. The fourth-order valence-electron chi connectivity index (χ4n) is 2.50. The Labute approximate surface area is 155 Å². The van der Waals surface area contributed by atoms with E-state index < -0.39 is 10.0 Å². The van der Waals surface area contributed by atoms with Gasteiger partial charge in [0, 0.05) is 12.1 Å². The summed E-state index contributed by atoms with van der Waals surface area (Å²) >= 11 is 0. The van der Waals surface area contributed by atoms with Crippen LogP contribution in [0.4, 0.5) is 0 Å². The minimum atomic E-state index is -3.59. The molecular weight excluding hydrogens is 348 g/mol. The van der Waals surface area contributed by atoms with Crippen LogP contribution in [0.1, 0.15) is 40.9 Å². The third-order valence-electron chi connectivity index (χ3n) is 4.04. The number of nitrogens with one attached hydrogen (secondary N) is 2. The predicted molar refractivity (Wildman–Crippen MR) is 104 cm³/mol. The fraction of sp³-hybridized carbons (Fsp3) is 0.250. The Kier molecular flexibility index (Phi) is 6.71. The van der Waals surface area contributed by atoms with E-state index in [1.54, 1.807) is 0 Å². The maximum atomic E-state index is 12.5. The van der Waals surface area contributed by atoms with Crippen LogP contribution >= 0.6 is 0 Å². The smallest absolute Gasteiger partial charge is 0.251 e. The van der Waals surface area contributed by atoms with Gasteiger partial charge in [0.2, 0.25) is 10.0 Å². The molecule has 2 N–H and O–H groups in total. The van der Waals surface area contributed by atoms with Crippen molar-refractivity contribution in [2.24, 2.45) is 0 Å². The van der Waals surface area contributed by atoms with Crippen molar-refractivity contribution in [3.8, 4) is 0 Å². The van der Waals surface area contributed by atoms with Crippen LogP contribution in [0.5, 0.6) is 0 Å². The van der Waals surface area contributed by atoms with Gasteiger partial charge in [-0.2, -0.15) is 0 Å². The van der Waals surface area contributed by atoms with Crippen molar-refractivity contribution in [1.29, 1.82) is 0 Å². The third-order valence-corrected chi connectivity index (χ3v) is 5.48. The average molecular weight is 372 g/mol. The molecule has 138 valence electrons. The molecule has 0 heterocycles. The number of hydrogen-bond acceptors (Lipinski definition) is 3. The largest absolute Gasteiger partial charge is 0.345 e. The van der Waals surface area contributed by atoms with Crippen LogP contribution in [0, 0.1) is 6.92 Å². The third kappa shape index (κ3) is 5.03. The topological polar surface area (TPSA) is 75.3 Å². The van der Waals surface area contributed by atoms with Crippen molar-refractivity contribution in [2.45, 2.75) is 31.2 Å². The Bertz CT molecular complexity index is 857. The molecule has 0 spiro atoms. The molecule has 2 rings (SSSR count). The van der Waals surface area contributed by atoms with E-state index in [9.17, 15) is 13.2 Å². The highest BCUT2D eigenvalue weighted by molar-refractivity contribution is 7.89. The second-order valence-electron chi connectivity index (χ2n) is 6.01. The molecule has 0 aromatic heterocycles. The van der Waals surface area contributed by atoms with Crippen molar-refractivity contribution in [2.75, 3.05) is 6.54 Å². The molecule has 6 heteroatoms. The first-order valence-electron chi connectivity index (χ1n) is 8.45. The van der Waals surface area contributed by atoms with Crippen molar-refractivity contribution >= 4 is 15.9 Å². The zero-order valence-corrected chi connectivity index (χ0v) is 15.8. The highest BCUT2D eigenvalue weighted by Crippen LogP contribution is 2.18. The number of benzene rings is 2. The van der Waals surface area contributed by atoms with Crippen LogP contribution in [0.25, 0.3) is 0 Å². The first kappa shape index (κ1) is 19.9. The summed E-state index contributed by atoms with van der Waals surface area (Å²) in [6, 6.07) is 13.8. The van der Waals surface area contributed by atoms with Gasteiger partial charge in [-0.1, -0.05) is 42.8 Å². The molecule has 1 atom stereocenters. The van der Waals surface area contributed by atoms with E-state index in [4.69, 9.17) is 0 Å². The van der Waals surface area contributed by atoms with E-state index in [1.165, 1.54) is 30.3 Å². The van der Waals surface area contributed by atoms with Crippen molar-refractivity contribution < 1.29 is 13.2 Å². The summed E-state index contributed by atoms with van der Waals surface area (Å²) in [7, 11) is -3.59. The normalized spacial score (nSPS) is 12.4. The molecule has 0 aliphatic carbocycles. The lowest BCUT2D eigenvalue weighted by atomic mass is 10.0. The maximum absolute atomic E-state index is 12.5. The Balaban J connectivity index is 2.11. The molecule has 1 amide bonds. The van der Waals surface area contributed by atoms with Gasteiger partial charge in [-0.3, -0.25) is 4.79 Å². The van der Waals surface area contributed by atoms with E-state index in [0.29, 0.717) is 5.56 Å². The molecule has 0 aliphatic heterocycles. The Hall–Kier alpha value is -2.44. The summed E-state index contributed by atoms with van der Waals surface area (Å²) in [5.74, 6) is -0.236. The molecule has 0 aliphatic rings. The molecule has 0 saturated carbocycles. The summed E-state index contributed by atoms with van der Waals surface area (Å²) in [5.41, 5.74) is 2.62. The van der Waals surface area contributed by atoms with Crippen molar-refractivity contribution in [3.63, 3.8) is 0 Å². The van der Waals surface area contributed by atoms with Crippen LogP contribution in [0.15, 0.2) is 66.1 Å². The first-order chi connectivity index (χ1) is 12.4. The zero-order valence-electron chi connectivity index (χ0n) is 15.0. The Morgan fingerprint density at radius 2 is 1.73 bits per heavy atom. The molecule has 2 aromatic rings. The van der Waals surface area contributed by atoms with Crippen molar-refractivity contribution in [3.05, 3.63) is 77.9 Å². The summed E-state index contributed by atoms with van der Waals surface area (Å²) in [6.45, 7) is 7.65. The molecular formula is C20H24N2O3S. The highest BCUT2D eigenvalue weighted by atomic mass is 32.2. The lowest BCUT2D eigenvalue weighted by Crippen LogP contribution is -2.28. The number of sulfonamides is 1. The molecule has 2 aromatic carbocycles. The quantitative estimate of drug-likeness (QED) is 0.698. The van der Waals surface area contributed by atoms with Gasteiger partial charge in [0.25, 0.3) is 5.91 Å². The highest BCUT2D eigenvalue weighted by Gasteiger charge is 2.16. The number of carbonyl (C=O) groups excluding carboxylic acids is 1. The van der Waals surface area contributed by atoms with E-state index in [1.807, 2.05) is 38.1 Å². The molecule has 0 saturated heterocycles. The van der Waals surface area contributed by atoms with Gasteiger partial charge in [0.05, 0.1) is 10.9 Å². The van der Waals surface area contributed by atoms with Gasteiger partial charge in [-0.15, -0.1) is 6.58 Å². The second-order valence-corrected chi connectivity index (χ2v) is 7.78. The predicted octanol–water partition coefficient (Wildman–Crippen LogP) is 3.34. The summed E-state index contributed by atoms with van der Waals surface area (Å²) in [4.78, 5) is 12.6. The lowest BCUT2D eigenvalue weighted by Gasteiger charge is -2.18. The average Bonchev–Trinajstić information content (AvgIpc) is 2.65. The summed E-state index contributed by atoms with van der Waals surface area (Å²) in [5, 5.41) is 2.99. The first-order valence-corrected chi connectivity index (χ1v) is 9.93. The monoisotopic (exact) mass is 372 g/mol. The molecule has 26 heavy (non-hydrogen) atoms. The number of rotatable bonds is 8. The van der Waals surface area contributed by atoms with E-state index in [0.717, 1.165) is 17.5 Å². The summed E-state index contributed by atoms with van der Waals surface area (Å²) < 4.78 is 26.5. The van der Waals surface area contributed by atoms with Gasteiger partial charge in [0.1, 0.15) is 0 Å². The van der Waals surface area contributed by atoms with Crippen LogP contribution in [0.2, 0.25) is 0 Å². The fourth-order valence-corrected chi connectivity index (χ4v) is 3.50. The molecule has 5 nitrogen and oxygen atoms in total. The SMILES string of the molecule is C=CCNS(=O)(=O)c1ccc(C(=O)NC(CC)c2ccc(C)cc2)cc1. The number of amides is 1. The maximum Gasteiger partial charge on any atom is 0.251 e. The standard InChI is InChI=1S/C20H24N2O3S/c1-4-14-21-26(24,25)18-12-10-17(11-13-18)20(23)22-19(5-2)16-8-6-15(3)7-9-16/h4,6-13,19,21H,1,5,14H2,2-3H3,(H,22,23). The van der Waals surface area contributed by atoms with Crippen LogP contribution < -0.4 is 10.0 Å². The second kappa shape index (κ2) is 8.78. The number of carbonyl (C=O) groups is 1. The van der Waals surface area contributed by atoms with E-state index >= 15 is 0 Å². The molecule has 1 unspecified atom stereocenters. The van der Waals surface area contributed by atoms with Crippen molar-refractivity contribution in [1.82, 2.24) is 10.0 Å². The van der Waals surface area contributed by atoms with Gasteiger partial charge < -0.3 is 5.32 Å². The van der Waals surface area contributed by atoms with Gasteiger partial charge in [-0.25, -0.2) is 13.1 Å². The minimum Gasteiger partial charge on any atom is -0.345 e. The van der Waals surface area contributed by atoms with E-state index in [-0.39, 0.29) is 23.4 Å². The van der Waals surface area contributed by atoms with Crippen LogP contribution in [0.3, 0.4) is 0 Å². The van der Waals surface area contributed by atoms with Crippen LogP contribution in [-0.2, 0) is 10.0 Å². The van der Waals surface area contributed by atoms with Gasteiger partial charge >= 0.3 is 0 Å². The van der Waals surface area contributed by atoms with Crippen LogP contribution in [-0.4, -0.2) is 20.9 Å². The molecule has 0 radical (unpaired) electrons. The zero-order chi connectivity index (χ0) is 19.2.